The maximum absolute atomic E-state index is 12.8. The zero-order valence-electron chi connectivity index (χ0n) is 39.3. The fourth-order valence-corrected chi connectivity index (χ4v) is 7.26. The molecular weight excluding hydrogens is 781 g/mol. The summed E-state index contributed by atoms with van der Waals surface area (Å²) in [7, 11) is 0. The van der Waals surface area contributed by atoms with Gasteiger partial charge in [-0.3, -0.25) is 4.79 Å². The Kier molecular flexibility index (Phi) is 40.8. The van der Waals surface area contributed by atoms with Gasteiger partial charge in [-0.15, -0.1) is 0 Å². The largest absolute Gasteiger partial charge is 0.457 e. The first-order valence-corrected chi connectivity index (χ1v) is 25.0. The first-order valence-electron chi connectivity index (χ1n) is 25.0. The van der Waals surface area contributed by atoms with Crippen molar-refractivity contribution in [1.82, 2.24) is 0 Å². The SMILES string of the molecule is CC/C=C\C/C=C\C/C=C\C/C=C\C/C=C\C/C=C\CCCCCCCCC(=O)OC(COCCCCCCCCCCCCCCCC)COC1OC(CO)C(O)C(O)C1O. The van der Waals surface area contributed by atoms with Gasteiger partial charge in [0.2, 0.25) is 0 Å². The van der Waals surface area contributed by atoms with E-state index in [2.05, 4.69) is 86.8 Å². The van der Waals surface area contributed by atoms with Crippen LogP contribution in [0.3, 0.4) is 0 Å². The molecule has 0 aromatic heterocycles. The number of unbranched alkanes of at least 4 members (excludes halogenated alkanes) is 19. The molecule has 0 radical (unpaired) electrons. The minimum atomic E-state index is -1.54. The number of allylic oxidation sites excluding steroid dienone is 12. The van der Waals surface area contributed by atoms with E-state index in [1.807, 2.05) is 0 Å². The van der Waals surface area contributed by atoms with Crippen LogP contribution in [0.5, 0.6) is 0 Å². The first-order chi connectivity index (χ1) is 30.4. The molecule has 6 atom stereocenters. The van der Waals surface area contributed by atoms with Crippen molar-refractivity contribution in [3.05, 3.63) is 72.9 Å². The zero-order chi connectivity index (χ0) is 45.0. The summed E-state index contributed by atoms with van der Waals surface area (Å²) in [4.78, 5) is 12.8. The third-order valence-corrected chi connectivity index (χ3v) is 11.1. The van der Waals surface area contributed by atoms with E-state index in [9.17, 15) is 25.2 Å². The van der Waals surface area contributed by atoms with Crippen molar-refractivity contribution in [3.63, 3.8) is 0 Å². The molecule has 62 heavy (non-hydrogen) atoms. The summed E-state index contributed by atoms with van der Waals surface area (Å²) in [6.45, 7) is 4.43. The number of hydrogen-bond acceptors (Lipinski definition) is 9. The summed E-state index contributed by atoms with van der Waals surface area (Å²) in [6.07, 6.45) is 50.7. The van der Waals surface area contributed by atoms with Crippen LogP contribution in [0.25, 0.3) is 0 Å². The fourth-order valence-electron chi connectivity index (χ4n) is 7.26. The molecule has 0 spiro atoms. The number of rotatable bonds is 42. The number of aliphatic hydroxyl groups is 4. The minimum Gasteiger partial charge on any atom is -0.457 e. The van der Waals surface area contributed by atoms with E-state index in [0.29, 0.717) is 13.0 Å². The van der Waals surface area contributed by atoms with E-state index >= 15 is 0 Å². The number of carbonyl (C=O) groups is 1. The third-order valence-electron chi connectivity index (χ3n) is 11.1. The molecule has 9 heteroatoms. The van der Waals surface area contributed by atoms with Gasteiger partial charge in [-0.25, -0.2) is 0 Å². The number of esters is 1. The molecule has 0 bridgehead atoms. The van der Waals surface area contributed by atoms with Crippen LogP contribution >= 0.6 is 0 Å². The van der Waals surface area contributed by atoms with Gasteiger partial charge in [0.25, 0.3) is 0 Å². The Morgan fingerprint density at radius 2 is 0.984 bits per heavy atom. The number of hydrogen-bond donors (Lipinski definition) is 4. The van der Waals surface area contributed by atoms with E-state index in [-0.39, 0.29) is 19.2 Å². The molecule has 1 aliphatic rings. The highest BCUT2D eigenvalue weighted by molar-refractivity contribution is 5.69. The third kappa shape index (κ3) is 34.1. The van der Waals surface area contributed by atoms with Gasteiger partial charge in [-0.2, -0.15) is 0 Å². The van der Waals surface area contributed by atoms with Crippen LogP contribution in [-0.4, -0.2) is 89.6 Å². The topological polar surface area (TPSA) is 135 Å². The van der Waals surface area contributed by atoms with E-state index in [4.69, 9.17) is 18.9 Å². The molecule has 6 unspecified atom stereocenters. The van der Waals surface area contributed by atoms with E-state index in [0.717, 1.165) is 83.5 Å². The molecule has 0 aromatic carbocycles. The first kappa shape index (κ1) is 57.6. The van der Waals surface area contributed by atoms with Gasteiger partial charge in [-0.05, 0) is 64.2 Å². The Morgan fingerprint density at radius 1 is 0.532 bits per heavy atom. The molecule has 1 saturated heterocycles. The molecule has 1 aliphatic heterocycles. The molecule has 4 N–H and O–H groups in total. The van der Waals surface area contributed by atoms with E-state index < -0.39 is 43.4 Å². The normalized spacial score (nSPS) is 20.4. The Bertz CT molecular complexity index is 1180. The van der Waals surface area contributed by atoms with Gasteiger partial charge in [0, 0.05) is 13.0 Å². The monoisotopic (exact) mass is 873 g/mol. The van der Waals surface area contributed by atoms with Gasteiger partial charge < -0.3 is 39.4 Å². The van der Waals surface area contributed by atoms with Crippen molar-refractivity contribution in [1.29, 1.82) is 0 Å². The molecule has 1 heterocycles. The molecule has 0 saturated carbocycles. The second kappa shape index (κ2) is 43.9. The Balaban J connectivity index is 2.23. The molecule has 9 nitrogen and oxygen atoms in total. The highest BCUT2D eigenvalue weighted by Crippen LogP contribution is 2.22. The summed E-state index contributed by atoms with van der Waals surface area (Å²) in [5, 5.41) is 40.2. The predicted molar refractivity (Wildman–Crippen MR) is 256 cm³/mol. The summed E-state index contributed by atoms with van der Waals surface area (Å²) in [6, 6.07) is 0. The van der Waals surface area contributed by atoms with Crippen molar-refractivity contribution in [2.45, 2.75) is 230 Å². The average Bonchev–Trinajstić information content (AvgIpc) is 3.27. The van der Waals surface area contributed by atoms with Crippen LogP contribution < -0.4 is 0 Å². The van der Waals surface area contributed by atoms with Crippen molar-refractivity contribution in [2.24, 2.45) is 0 Å². The smallest absolute Gasteiger partial charge is 0.306 e. The van der Waals surface area contributed by atoms with Crippen molar-refractivity contribution in [3.8, 4) is 0 Å². The summed E-state index contributed by atoms with van der Waals surface area (Å²) < 4.78 is 22.9. The summed E-state index contributed by atoms with van der Waals surface area (Å²) in [5.41, 5.74) is 0. The summed E-state index contributed by atoms with van der Waals surface area (Å²) >= 11 is 0. The van der Waals surface area contributed by atoms with Crippen LogP contribution in [0.2, 0.25) is 0 Å². The lowest BCUT2D eigenvalue weighted by Crippen LogP contribution is -2.59. The summed E-state index contributed by atoms with van der Waals surface area (Å²) in [5.74, 6) is -0.329. The van der Waals surface area contributed by atoms with Gasteiger partial charge in [0.05, 0.1) is 19.8 Å². The molecule has 358 valence electrons. The fraction of sp³-hybridized carbons (Fsp3) is 0.755. The van der Waals surface area contributed by atoms with Crippen molar-refractivity contribution >= 4 is 5.97 Å². The second-order valence-electron chi connectivity index (χ2n) is 16.9. The highest BCUT2D eigenvalue weighted by Gasteiger charge is 2.44. The maximum atomic E-state index is 12.8. The Hall–Kier alpha value is -2.37. The van der Waals surface area contributed by atoms with Crippen LogP contribution in [-0.2, 0) is 23.7 Å². The van der Waals surface area contributed by atoms with Gasteiger partial charge in [0.15, 0.2) is 6.29 Å². The second-order valence-corrected chi connectivity index (χ2v) is 16.9. The minimum absolute atomic E-state index is 0.121. The predicted octanol–water partition coefficient (Wildman–Crippen LogP) is 12.0. The molecule has 1 rings (SSSR count). The number of aliphatic hydroxyl groups excluding tert-OH is 4. The number of carbonyl (C=O) groups excluding carboxylic acids is 1. The lowest BCUT2D eigenvalue weighted by Gasteiger charge is -2.39. The van der Waals surface area contributed by atoms with Crippen LogP contribution in [0, 0.1) is 0 Å². The molecule has 0 aromatic rings. The van der Waals surface area contributed by atoms with Crippen molar-refractivity contribution < 1.29 is 44.2 Å². The Labute approximate surface area is 378 Å². The Morgan fingerprint density at radius 3 is 1.48 bits per heavy atom. The number of ether oxygens (including phenoxy) is 4. The van der Waals surface area contributed by atoms with Crippen LogP contribution in [0.15, 0.2) is 72.9 Å². The standard InChI is InChI=1S/C53H92O9/c1-3-5-7-9-11-13-15-17-19-20-21-22-23-24-25-26-27-28-29-30-32-34-36-38-40-42-49(55)61-47(46-60-53-52(58)51(57)50(56)48(44-54)62-53)45-59-43-41-39-37-35-33-31-18-16-14-12-10-8-6-4-2/h5,7,11,13,17,19,21-22,24-25,27-28,47-48,50-54,56-58H,3-4,6,8-10,12,14-16,18,20,23,26,29-46H2,1-2H3/b7-5-,13-11-,19-17-,22-21-,25-24-,28-27-. The zero-order valence-corrected chi connectivity index (χ0v) is 39.3. The average molecular weight is 873 g/mol. The molecule has 1 fully saturated rings. The van der Waals surface area contributed by atoms with Crippen LogP contribution in [0.1, 0.15) is 194 Å². The van der Waals surface area contributed by atoms with Crippen LogP contribution in [0.4, 0.5) is 0 Å². The van der Waals surface area contributed by atoms with Crippen molar-refractivity contribution in [2.75, 3.05) is 26.4 Å². The lowest BCUT2D eigenvalue weighted by atomic mass is 9.99. The van der Waals surface area contributed by atoms with Gasteiger partial charge >= 0.3 is 5.97 Å². The van der Waals surface area contributed by atoms with Gasteiger partial charge in [-0.1, -0.05) is 196 Å². The van der Waals surface area contributed by atoms with E-state index in [1.165, 1.54) is 89.9 Å². The van der Waals surface area contributed by atoms with Gasteiger partial charge in [0.1, 0.15) is 30.5 Å². The molecule has 0 amide bonds. The molecule has 0 aliphatic carbocycles. The maximum Gasteiger partial charge on any atom is 0.306 e. The molecular formula is C53H92O9. The lowest BCUT2D eigenvalue weighted by molar-refractivity contribution is -0.305. The quantitative estimate of drug-likeness (QED) is 0.0269. The van der Waals surface area contributed by atoms with E-state index in [1.54, 1.807) is 0 Å². The highest BCUT2D eigenvalue weighted by atomic mass is 16.7.